The zero-order valence-electron chi connectivity index (χ0n) is 8.93. The molecule has 84 valence electrons. The van der Waals surface area contributed by atoms with Crippen molar-refractivity contribution in [3.05, 3.63) is 29.8 Å². The third-order valence-electron chi connectivity index (χ3n) is 2.14. The van der Waals surface area contributed by atoms with E-state index in [0.717, 1.165) is 11.3 Å². The maximum atomic E-state index is 9.24. The highest BCUT2D eigenvalue weighted by Gasteiger charge is 2.07. The van der Waals surface area contributed by atoms with Gasteiger partial charge in [0, 0.05) is 18.8 Å². The quantitative estimate of drug-likeness (QED) is 0.601. The van der Waals surface area contributed by atoms with Gasteiger partial charge in [-0.25, -0.2) is 0 Å². The fourth-order valence-corrected chi connectivity index (χ4v) is 1.49. The van der Waals surface area contributed by atoms with E-state index < -0.39 is 6.10 Å². The van der Waals surface area contributed by atoms with E-state index in [9.17, 15) is 5.11 Å². The average Bonchev–Trinajstić information content (AvgIpc) is 2.17. The Morgan fingerprint density at radius 1 is 1.47 bits per heavy atom. The summed E-state index contributed by atoms with van der Waals surface area (Å²) in [5, 5.41) is 17.9. The van der Waals surface area contributed by atoms with Crippen molar-refractivity contribution >= 4 is 5.69 Å². The van der Waals surface area contributed by atoms with Gasteiger partial charge in [-0.3, -0.25) is 4.90 Å². The van der Waals surface area contributed by atoms with Crippen molar-refractivity contribution in [3.63, 3.8) is 0 Å². The number of hydrogen-bond donors (Lipinski definition) is 3. The van der Waals surface area contributed by atoms with Crippen LogP contribution in [-0.2, 0) is 6.54 Å². The number of hydrogen-bond acceptors (Lipinski definition) is 4. The molecular formula is C11H18N2O2. The van der Waals surface area contributed by atoms with E-state index >= 15 is 0 Å². The van der Waals surface area contributed by atoms with Crippen LogP contribution in [0.15, 0.2) is 24.3 Å². The van der Waals surface area contributed by atoms with Crippen molar-refractivity contribution in [2.24, 2.45) is 0 Å². The van der Waals surface area contributed by atoms with Gasteiger partial charge < -0.3 is 15.9 Å². The summed E-state index contributed by atoms with van der Waals surface area (Å²) >= 11 is 0. The molecular weight excluding hydrogens is 192 g/mol. The van der Waals surface area contributed by atoms with Crippen LogP contribution in [0.2, 0.25) is 0 Å². The van der Waals surface area contributed by atoms with Crippen molar-refractivity contribution in [1.29, 1.82) is 0 Å². The number of nitrogens with zero attached hydrogens (tertiary/aromatic N) is 1. The summed E-state index contributed by atoms with van der Waals surface area (Å²) in [6.07, 6.45) is -0.684. The predicted molar refractivity (Wildman–Crippen MR) is 60.3 cm³/mol. The maximum absolute atomic E-state index is 9.24. The monoisotopic (exact) mass is 210 g/mol. The van der Waals surface area contributed by atoms with Gasteiger partial charge in [0.05, 0.1) is 12.7 Å². The van der Waals surface area contributed by atoms with E-state index in [0.29, 0.717) is 13.1 Å². The first-order valence-corrected chi connectivity index (χ1v) is 4.93. The van der Waals surface area contributed by atoms with Gasteiger partial charge in [0.2, 0.25) is 0 Å². The van der Waals surface area contributed by atoms with Gasteiger partial charge in [-0.05, 0) is 24.7 Å². The summed E-state index contributed by atoms with van der Waals surface area (Å²) < 4.78 is 0. The van der Waals surface area contributed by atoms with Gasteiger partial charge in [0.1, 0.15) is 0 Å². The molecule has 0 aliphatic heterocycles. The molecule has 0 aromatic heterocycles. The Morgan fingerprint density at radius 3 is 2.80 bits per heavy atom. The van der Waals surface area contributed by atoms with Gasteiger partial charge in [0.15, 0.2) is 0 Å². The number of likely N-dealkylation sites (N-methyl/N-ethyl adjacent to an activating group) is 1. The van der Waals surface area contributed by atoms with Gasteiger partial charge in [0.25, 0.3) is 0 Å². The van der Waals surface area contributed by atoms with Crippen molar-refractivity contribution in [2.75, 3.05) is 25.9 Å². The minimum Gasteiger partial charge on any atom is -0.399 e. The Balaban J connectivity index is 2.47. The van der Waals surface area contributed by atoms with E-state index in [-0.39, 0.29) is 6.61 Å². The normalized spacial score (nSPS) is 13.1. The molecule has 0 aliphatic carbocycles. The predicted octanol–water partition coefficient (Wildman–Crippen LogP) is 0.0538. The van der Waals surface area contributed by atoms with Crippen LogP contribution in [0.5, 0.6) is 0 Å². The largest absolute Gasteiger partial charge is 0.399 e. The molecule has 0 saturated carbocycles. The first-order chi connectivity index (χ1) is 7.11. The Labute approximate surface area is 89.9 Å². The topological polar surface area (TPSA) is 69.7 Å². The lowest BCUT2D eigenvalue weighted by molar-refractivity contribution is 0.0648. The lowest BCUT2D eigenvalue weighted by Crippen LogP contribution is -2.30. The molecule has 1 rings (SSSR count). The third-order valence-corrected chi connectivity index (χ3v) is 2.14. The number of nitrogens with two attached hydrogens (primary N) is 1. The average molecular weight is 210 g/mol. The third kappa shape index (κ3) is 4.29. The van der Waals surface area contributed by atoms with Gasteiger partial charge in [-0.15, -0.1) is 0 Å². The van der Waals surface area contributed by atoms with Crippen LogP contribution in [-0.4, -0.2) is 41.4 Å². The number of aliphatic hydroxyl groups is 2. The zero-order chi connectivity index (χ0) is 11.3. The number of anilines is 1. The van der Waals surface area contributed by atoms with Crippen molar-refractivity contribution in [3.8, 4) is 0 Å². The lowest BCUT2D eigenvalue weighted by atomic mass is 10.2. The summed E-state index contributed by atoms with van der Waals surface area (Å²) in [6, 6.07) is 7.63. The summed E-state index contributed by atoms with van der Waals surface area (Å²) in [5.41, 5.74) is 7.49. The highest BCUT2D eigenvalue weighted by atomic mass is 16.3. The molecule has 0 spiro atoms. The molecule has 4 N–H and O–H groups in total. The highest BCUT2D eigenvalue weighted by Crippen LogP contribution is 2.08. The Morgan fingerprint density at radius 2 is 2.20 bits per heavy atom. The second-order valence-electron chi connectivity index (χ2n) is 3.78. The number of rotatable bonds is 5. The lowest BCUT2D eigenvalue weighted by Gasteiger charge is -2.19. The van der Waals surface area contributed by atoms with E-state index in [1.54, 1.807) is 0 Å². The van der Waals surface area contributed by atoms with Crippen molar-refractivity contribution < 1.29 is 10.2 Å². The fraction of sp³-hybridized carbons (Fsp3) is 0.455. The molecule has 0 fully saturated rings. The van der Waals surface area contributed by atoms with Crippen LogP contribution in [0.1, 0.15) is 5.56 Å². The van der Waals surface area contributed by atoms with Crippen LogP contribution in [0, 0.1) is 0 Å². The smallest absolute Gasteiger partial charge is 0.0897 e. The molecule has 4 nitrogen and oxygen atoms in total. The molecule has 0 bridgehead atoms. The molecule has 0 saturated heterocycles. The Bertz CT molecular complexity index is 304. The minimum atomic E-state index is -0.684. The summed E-state index contributed by atoms with van der Waals surface area (Å²) in [4.78, 5) is 1.94. The highest BCUT2D eigenvalue weighted by molar-refractivity contribution is 5.40. The van der Waals surface area contributed by atoms with Gasteiger partial charge >= 0.3 is 0 Å². The molecule has 0 amide bonds. The van der Waals surface area contributed by atoms with E-state index in [1.165, 1.54) is 0 Å². The molecule has 1 unspecified atom stereocenters. The number of nitrogen functional groups attached to an aromatic ring is 1. The molecule has 1 atom stereocenters. The van der Waals surface area contributed by atoms with E-state index in [4.69, 9.17) is 10.8 Å². The first-order valence-electron chi connectivity index (χ1n) is 4.93. The first kappa shape index (κ1) is 12.0. The van der Waals surface area contributed by atoms with Crippen LogP contribution < -0.4 is 5.73 Å². The van der Waals surface area contributed by atoms with Crippen molar-refractivity contribution in [2.45, 2.75) is 12.6 Å². The summed E-state index contributed by atoms with van der Waals surface area (Å²) in [6.45, 7) is 0.953. The molecule has 0 aliphatic rings. The minimum absolute atomic E-state index is 0.207. The van der Waals surface area contributed by atoms with Gasteiger partial charge in [-0.1, -0.05) is 12.1 Å². The maximum Gasteiger partial charge on any atom is 0.0897 e. The van der Waals surface area contributed by atoms with E-state index in [2.05, 4.69) is 0 Å². The number of aliphatic hydroxyl groups excluding tert-OH is 2. The summed E-state index contributed by atoms with van der Waals surface area (Å²) in [7, 11) is 1.89. The second-order valence-corrected chi connectivity index (χ2v) is 3.78. The van der Waals surface area contributed by atoms with Crippen molar-refractivity contribution in [1.82, 2.24) is 4.90 Å². The van der Waals surface area contributed by atoms with Crippen LogP contribution in [0.4, 0.5) is 5.69 Å². The molecule has 1 aromatic carbocycles. The van der Waals surface area contributed by atoms with Crippen LogP contribution in [0.3, 0.4) is 0 Å². The Hall–Kier alpha value is -1.10. The van der Waals surface area contributed by atoms with Gasteiger partial charge in [-0.2, -0.15) is 0 Å². The van der Waals surface area contributed by atoms with E-state index in [1.807, 2.05) is 36.2 Å². The second kappa shape index (κ2) is 5.70. The summed E-state index contributed by atoms with van der Waals surface area (Å²) in [5.74, 6) is 0. The van der Waals surface area contributed by atoms with Crippen LogP contribution in [0.25, 0.3) is 0 Å². The SMILES string of the molecule is CN(Cc1cccc(N)c1)CC(O)CO. The standard InChI is InChI=1S/C11H18N2O2/c1-13(7-11(15)8-14)6-9-3-2-4-10(12)5-9/h2-5,11,14-15H,6-8,12H2,1H3. The van der Waals surface area contributed by atoms with Crippen LogP contribution >= 0.6 is 0 Å². The molecule has 1 aromatic rings. The fourth-order valence-electron chi connectivity index (χ4n) is 1.49. The zero-order valence-corrected chi connectivity index (χ0v) is 8.93. The number of benzene rings is 1. The molecule has 0 heterocycles. The Kier molecular flexibility index (Phi) is 4.55. The molecule has 0 radical (unpaired) electrons. The molecule has 4 heteroatoms. The molecule has 15 heavy (non-hydrogen) atoms.